The van der Waals surface area contributed by atoms with Crippen molar-refractivity contribution < 1.29 is 4.79 Å². The van der Waals surface area contributed by atoms with Crippen molar-refractivity contribution in [1.29, 1.82) is 0 Å². The number of rotatable bonds is 1. The molecule has 0 unspecified atom stereocenters. The predicted octanol–water partition coefficient (Wildman–Crippen LogP) is 3.30. The Morgan fingerprint density at radius 3 is 2.80 bits per heavy atom. The molecule has 1 aromatic rings. The molecule has 1 aliphatic carbocycles. The number of benzene rings is 1. The van der Waals surface area contributed by atoms with E-state index in [0.29, 0.717) is 6.42 Å². The van der Waals surface area contributed by atoms with Crippen LogP contribution in [0.15, 0.2) is 42.0 Å². The summed E-state index contributed by atoms with van der Waals surface area (Å²) in [6.45, 7) is 2.06. The molecule has 0 aliphatic heterocycles. The molecule has 0 saturated heterocycles. The molecule has 0 saturated carbocycles. The van der Waals surface area contributed by atoms with Gasteiger partial charge in [0.15, 0.2) is 5.78 Å². The Morgan fingerprint density at radius 2 is 2.07 bits per heavy atom. The molecular formula is C14H14O. The summed E-state index contributed by atoms with van der Waals surface area (Å²) < 4.78 is 0. The van der Waals surface area contributed by atoms with Gasteiger partial charge in [0.1, 0.15) is 0 Å². The van der Waals surface area contributed by atoms with Crippen LogP contribution in [0.3, 0.4) is 0 Å². The highest BCUT2D eigenvalue weighted by Crippen LogP contribution is 2.18. The van der Waals surface area contributed by atoms with Gasteiger partial charge >= 0.3 is 0 Å². The monoisotopic (exact) mass is 198 g/mol. The van der Waals surface area contributed by atoms with E-state index in [1.54, 1.807) is 0 Å². The Labute approximate surface area is 90.1 Å². The maximum atomic E-state index is 11.6. The van der Waals surface area contributed by atoms with Crippen LogP contribution in [0.1, 0.15) is 24.0 Å². The number of hydrogen-bond donors (Lipinski definition) is 0. The van der Waals surface area contributed by atoms with Crippen molar-refractivity contribution in [3.05, 3.63) is 53.1 Å². The largest absolute Gasteiger partial charge is 0.294 e. The molecule has 0 atom stereocenters. The van der Waals surface area contributed by atoms with E-state index in [0.717, 1.165) is 17.6 Å². The minimum atomic E-state index is 0.251. The van der Waals surface area contributed by atoms with Crippen LogP contribution in [0.4, 0.5) is 0 Å². The molecule has 1 nitrogen and oxygen atoms in total. The fraction of sp³-hybridized carbons (Fsp3) is 0.214. The van der Waals surface area contributed by atoms with Gasteiger partial charge in [-0.15, -0.1) is 0 Å². The Hall–Kier alpha value is -1.63. The highest BCUT2D eigenvalue weighted by Gasteiger charge is 2.09. The van der Waals surface area contributed by atoms with E-state index in [9.17, 15) is 4.79 Å². The van der Waals surface area contributed by atoms with E-state index in [2.05, 4.69) is 19.1 Å². The average molecular weight is 198 g/mol. The number of allylic oxidation sites excluding steroid dienone is 3. The molecule has 76 valence electrons. The van der Waals surface area contributed by atoms with E-state index >= 15 is 0 Å². The molecule has 0 amide bonds. The normalized spacial score (nSPS) is 18.5. The Kier molecular flexibility index (Phi) is 2.82. The predicted molar refractivity (Wildman–Crippen MR) is 62.5 cm³/mol. The molecule has 0 fully saturated rings. The summed E-state index contributed by atoms with van der Waals surface area (Å²) in [5.74, 6) is 0.251. The zero-order chi connectivity index (χ0) is 10.7. The zero-order valence-electron chi connectivity index (χ0n) is 8.86. The van der Waals surface area contributed by atoms with Gasteiger partial charge in [-0.3, -0.25) is 4.79 Å². The fourth-order valence-electron chi connectivity index (χ4n) is 1.71. The molecular weight excluding hydrogens is 184 g/mol. The lowest BCUT2D eigenvalue weighted by Crippen LogP contribution is -2.03. The van der Waals surface area contributed by atoms with Gasteiger partial charge in [-0.05, 0) is 30.5 Å². The third-order valence-corrected chi connectivity index (χ3v) is 2.66. The standard InChI is InChI=1S/C14H14O/c1-11-6-2-3-7-12(11)10-13-8-4-5-9-14(13)15/h2-4,6-8,10H,5,9H2,1H3. The highest BCUT2D eigenvalue weighted by atomic mass is 16.1. The molecule has 1 heteroatoms. The van der Waals surface area contributed by atoms with Crippen LogP contribution in [0.2, 0.25) is 0 Å². The lowest BCUT2D eigenvalue weighted by molar-refractivity contribution is -0.115. The Morgan fingerprint density at radius 1 is 1.27 bits per heavy atom. The van der Waals surface area contributed by atoms with Crippen molar-refractivity contribution >= 4 is 11.9 Å². The van der Waals surface area contributed by atoms with E-state index in [1.807, 2.05) is 30.4 Å². The van der Waals surface area contributed by atoms with Gasteiger partial charge < -0.3 is 0 Å². The van der Waals surface area contributed by atoms with Crippen molar-refractivity contribution in [2.45, 2.75) is 19.8 Å². The first-order valence-electron chi connectivity index (χ1n) is 5.24. The molecule has 1 aliphatic rings. The van der Waals surface area contributed by atoms with Crippen LogP contribution in [0.5, 0.6) is 0 Å². The number of ketones is 1. The van der Waals surface area contributed by atoms with Crippen LogP contribution < -0.4 is 0 Å². The first kappa shape index (κ1) is 9.91. The Bertz CT molecular complexity index is 438. The van der Waals surface area contributed by atoms with Crippen molar-refractivity contribution in [2.75, 3.05) is 0 Å². The minimum absolute atomic E-state index is 0.251. The molecule has 15 heavy (non-hydrogen) atoms. The molecule has 1 aromatic carbocycles. The SMILES string of the molecule is Cc1ccccc1C=C1C=CCCC1=O. The topological polar surface area (TPSA) is 17.1 Å². The van der Waals surface area contributed by atoms with Crippen molar-refractivity contribution in [1.82, 2.24) is 0 Å². The summed E-state index contributed by atoms with van der Waals surface area (Å²) in [4.78, 5) is 11.6. The van der Waals surface area contributed by atoms with Crippen molar-refractivity contribution in [3.63, 3.8) is 0 Å². The number of aryl methyl sites for hydroxylation is 1. The number of carbonyl (C=O) groups is 1. The first-order chi connectivity index (χ1) is 7.27. The summed E-state index contributed by atoms with van der Waals surface area (Å²) in [6.07, 6.45) is 7.50. The van der Waals surface area contributed by atoms with Crippen molar-refractivity contribution in [3.8, 4) is 0 Å². The molecule has 0 radical (unpaired) electrons. The van der Waals surface area contributed by atoms with Gasteiger partial charge in [0.25, 0.3) is 0 Å². The fourth-order valence-corrected chi connectivity index (χ4v) is 1.71. The van der Waals surface area contributed by atoms with Gasteiger partial charge in [0, 0.05) is 12.0 Å². The zero-order valence-corrected chi connectivity index (χ0v) is 8.86. The van der Waals surface area contributed by atoms with Crippen LogP contribution in [-0.4, -0.2) is 5.78 Å². The third kappa shape index (κ3) is 2.24. The molecule has 0 bridgehead atoms. The second-order valence-corrected chi connectivity index (χ2v) is 3.82. The van der Waals surface area contributed by atoms with E-state index in [-0.39, 0.29) is 5.78 Å². The molecule has 0 N–H and O–H groups in total. The summed E-state index contributed by atoms with van der Waals surface area (Å²) in [5, 5.41) is 0. The maximum Gasteiger partial charge on any atom is 0.163 e. The molecule has 0 aromatic heterocycles. The third-order valence-electron chi connectivity index (χ3n) is 2.66. The van der Waals surface area contributed by atoms with Crippen LogP contribution >= 0.6 is 0 Å². The van der Waals surface area contributed by atoms with Crippen LogP contribution in [0.25, 0.3) is 6.08 Å². The minimum Gasteiger partial charge on any atom is -0.294 e. The summed E-state index contributed by atoms with van der Waals surface area (Å²) >= 11 is 0. The average Bonchev–Trinajstić information content (AvgIpc) is 2.24. The van der Waals surface area contributed by atoms with Crippen molar-refractivity contribution in [2.24, 2.45) is 0 Å². The summed E-state index contributed by atoms with van der Waals surface area (Å²) in [6, 6.07) is 8.10. The second kappa shape index (κ2) is 4.26. The number of Topliss-reactive ketones (excluding diaryl/α,β-unsaturated/α-hetero) is 1. The molecule has 2 rings (SSSR count). The summed E-state index contributed by atoms with van der Waals surface area (Å²) in [7, 11) is 0. The van der Waals surface area contributed by atoms with Gasteiger partial charge in [0.2, 0.25) is 0 Å². The van der Waals surface area contributed by atoms with E-state index in [4.69, 9.17) is 0 Å². The van der Waals surface area contributed by atoms with E-state index in [1.165, 1.54) is 5.56 Å². The Balaban J connectivity index is 2.37. The maximum absolute atomic E-state index is 11.6. The number of hydrogen-bond acceptors (Lipinski definition) is 1. The van der Waals surface area contributed by atoms with Crippen LogP contribution in [-0.2, 0) is 4.79 Å². The lowest BCUT2D eigenvalue weighted by Gasteiger charge is -2.07. The summed E-state index contributed by atoms with van der Waals surface area (Å²) in [5.41, 5.74) is 3.17. The highest BCUT2D eigenvalue weighted by molar-refractivity contribution is 6.03. The van der Waals surface area contributed by atoms with E-state index < -0.39 is 0 Å². The quantitative estimate of drug-likeness (QED) is 0.633. The van der Waals surface area contributed by atoms with Gasteiger partial charge in [0.05, 0.1) is 0 Å². The molecule has 0 heterocycles. The smallest absolute Gasteiger partial charge is 0.163 e. The van der Waals surface area contributed by atoms with Crippen LogP contribution in [0, 0.1) is 6.92 Å². The van der Waals surface area contributed by atoms with Gasteiger partial charge in [-0.1, -0.05) is 36.4 Å². The first-order valence-corrected chi connectivity index (χ1v) is 5.24. The van der Waals surface area contributed by atoms with Gasteiger partial charge in [-0.2, -0.15) is 0 Å². The molecule has 0 spiro atoms. The lowest BCUT2D eigenvalue weighted by atomic mass is 9.97. The number of carbonyl (C=O) groups excluding carboxylic acids is 1. The van der Waals surface area contributed by atoms with Gasteiger partial charge in [-0.25, -0.2) is 0 Å². The second-order valence-electron chi connectivity index (χ2n) is 3.82.